The number of rotatable bonds is 7. The molecule has 0 fully saturated rings. The number of hydrogen-bond donors (Lipinski definition) is 1. The molecule has 0 aromatic heterocycles. The first-order valence-corrected chi connectivity index (χ1v) is 9.28. The Balaban J connectivity index is 0.000000203. The molecule has 3 aromatic rings. The van der Waals surface area contributed by atoms with Crippen molar-refractivity contribution in [2.75, 3.05) is 7.11 Å². The molecule has 4 heteroatoms. The molecule has 0 bridgehead atoms. The van der Waals surface area contributed by atoms with Crippen molar-refractivity contribution in [1.29, 1.82) is 0 Å². The van der Waals surface area contributed by atoms with Crippen LogP contribution < -0.4 is 5.32 Å². The van der Waals surface area contributed by atoms with Gasteiger partial charge in [0.15, 0.2) is 0 Å². The summed E-state index contributed by atoms with van der Waals surface area (Å²) in [5, 5.41) is 3.42. The van der Waals surface area contributed by atoms with Gasteiger partial charge in [-0.2, -0.15) is 0 Å². The van der Waals surface area contributed by atoms with E-state index in [2.05, 4.69) is 58.6 Å². The normalized spacial score (nSPS) is 9.93. The van der Waals surface area contributed by atoms with Gasteiger partial charge in [0.25, 0.3) is 0 Å². The van der Waals surface area contributed by atoms with Gasteiger partial charge in [-0.25, -0.2) is 4.39 Å². The molecule has 28 heavy (non-hydrogen) atoms. The number of aryl methyl sites for hydroxylation is 1. The second-order valence-electron chi connectivity index (χ2n) is 6.24. The van der Waals surface area contributed by atoms with Crippen LogP contribution in [0.15, 0.2) is 84.9 Å². The fraction of sp³-hybridized carbons (Fsp3) is 0.208. The quantitative estimate of drug-likeness (QED) is 0.593. The number of halogens is 1. The van der Waals surface area contributed by atoms with Crippen LogP contribution in [0, 0.1) is 5.82 Å². The Hall–Kier alpha value is -2.98. The molecule has 0 aliphatic carbocycles. The van der Waals surface area contributed by atoms with Gasteiger partial charge in [-0.1, -0.05) is 78.9 Å². The molecule has 1 N–H and O–H groups in total. The van der Waals surface area contributed by atoms with E-state index in [1.54, 1.807) is 18.2 Å². The average Bonchev–Trinajstić information content (AvgIpc) is 2.75. The lowest BCUT2D eigenvalue weighted by Crippen LogP contribution is -2.12. The van der Waals surface area contributed by atoms with Crippen molar-refractivity contribution >= 4 is 5.97 Å². The van der Waals surface area contributed by atoms with Crippen LogP contribution in [0.25, 0.3) is 0 Å². The molecule has 0 aliphatic heterocycles. The van der Waals surface area contributed by atoms with Gasteiger partial charge in [0, 0.05) is 19.5 Å². The number of ether oxygens (including phenoxy) is 1. The minimum Gasteiger partial charge on any atom is -0.469 e. The van der Waals surface area contributed by atoms with Gasteiger partial charge in [-0.05, 0) is 29.2 Å². The summed E-state index contributed by atoms with van der Waals surface area (Å²) >= 11 is 0. The van der Waals surface area contributed by atoms with Gasteiger partial charge in [0.2, 0.25) is 0 Å². The minimum atomic E-state index is -0.316. The van der Waals surface area contributed by atoms with Gasteiger partial charge in [-0.15, -0.1) is 0 Å². The summed E-state index contributed by atoms with van der Waals surface area (Å²) < 4.78 is 17.4. The van der Waals surface area contributed by atoms with E-state index in [0.717, 1.165) is 13.1 Å². The molecule has 3 rings (SSSR count). The Labute approximate surface area is 166 Å². The molecule has 0 unspecified atom stereocenters. The summed E-state index contributed by atoms with van der Waals surface area (Å²) in [4.78, 5) is 10.8. The van der Waals surface area contributed by atoms with Crippen molar-refractivity contribution in [3.05, 3.63) is 107 Å². The molecule has 0 radical (unpaired) electrons. The molecule has 0 amide bonds. The maximum Gasteiger partial charge on any atom is 0.305 e. The van der Waals surface area contributed by atoms with Crippen molar-refractivity contribution < 1.29 is 13.9 Å². The molecule has 0 aliphatic rings. The van der Waals surface area contributed by atoms with Gasteiger partial charge in [0.05, 0.1) is 7.11 Å². The standard InChI is InChI=1S/C14H15N.C10H11FO2/c1-3-7-13(8-4-1)11-15-12-14-9-5-2-6-10-14;1-13-10(12)7-6-8-4-2-3-5-9(8)11/h1-10,15H,11-12H2;2-5H,6-7H2,1H3. The highest BCUT2D eigenvalue weighted by atomic mass is 19.1. The highest BCUT2D eigenvalue weighted by Gasteiger charge is 2.04. The first-order valence-electron chi connectivity index (χ1n) is 9.28. The van der Waals surface area contributed by atoms with E-state index in [1.807, 2.05) is 12.1 Å². The van der Waals surface area contributed by atoms with Crippen molar-refractivity contribution in [3.8, 4) is 0 Å². The summed E-state index contributed by atoms with van der Waals surface area (Å²) in [5.74, 6) is -0.588. The topological polar surface area (TPSA) is 38.3 Å². The van der Waals surface area contributed by atoms with Gasteiger partial charge < -0.3 is 10.1 Å². The molecule has 0 saturated carbocycles. The lowest BCUT2D eigenvalue weighted by Gasteiger charge is -2.04. The van der Waals surface area contributed by atoms with E-state index in [1.165, 1.54) is 24.3 Å². The number of esters is 1. The van der Waals surface area contributed by atoms with Crippen molar-refractivity contribution in [2.45, 2.75) is 25.9 Å². The highest BCUT2D eigenvalue weighted by Crippen LogP contribution is 2.08. The van der Waals surface area contributed by atoms with E-state index in [9.17, 15) is 9.18 Å². The largest absolute Gasteiger partial charge is 0.469 e. The van der Waals surface area contributed by atoms with Crippen LogP contribution in [0.4, 0.5) is 4.39 Å². The van der Waals surface area contributed by atoms with Gasteiger partial charge >= 0.3 is 5.97 Å². The van der Waals surface area contributed by atoms with Crippen LogP contribution >= 0.6 is 0 Å². The lowest BCUT2D eigenvalue weighted by atomic mass is 10.1. The fourth-order valence-corrected chi connectivity index (χ4v) is 2.58. The monoisotopic (exact) mass is 379 g/mol. The van der Waals surface area contributed by atoms with E-state index < -0.39 is 0 Å². The van der Waals surface area contributed by atoms with Crippen molar-refractivity contribution in [1.82, 2.24) is 5.32 Å². The third-order valence-electron chi connectivity index (χ3n) is 4.13. The van der Waals surface area contributed by atoms with Crippen LogP contribution in [0.3, 0.4) is 0 Å². The summed E-state index contributed by atoms with van der Waals surface area (Å²) in [6.45, 7) is 1.85. The third kappa shape index (κ3) is 8.14. The first-order chi connectivity index (χ1) is 13.7. The second kappa shape index (κ2) is 12.4. The Kier molecular flexibility index (Phi) is 9.45. The SMILES string of the molecule is COC(=O)CCc1ccccc1F.c1ccc(CNCc2ccccc2)cc1. The van der Waals surface area contributed by atoms with E-state index in [0.29, 0.717) is 12.0 Å². The van der Waals surface area contributed by atoms with Crippen LogP contribution in [0.2, 0.25) is 0 Å². The fourth-order valence-electron chi connectivity index (χ4n) is 2.58. The van der Waals surface area contributed by atoms with Crippen molar-refractivity contribution in [2.24, 2.45) is 0 Å². The average molecular weight is 379 g/mol. The molecule has 0 atom stereocenters. The molecule has 0 saturated heterocycles. The Bertz CT molecular complexity index is 783. The number of carbonyl (C=O) groups is 1. The zero-order valence-electron chi connectivity index (χ0n) is 16.1. The second-order valence-corrected chi connectivity index (χ2v) is 6.24. The minimum absolute atomic E-state index is 0.220. The van der Waals surface area contributed by atoms with Crippen molar-refractivity contribution in [3.63, 3.8) is 0 Å². The lowest BCUT2D eigenvalue weighted by molar-refractivity contribution is -0.140. The smallest absolute Gasteiger partial charge is 0.305 e. The third-order valence-corrected chi connectivity index (χ3v) is 4.13. The van der Waals surface area contributed by atoms with Gasteiger partial charge in [0.1, 0.15) is 5.82 Å². The molecule has 146 valence electrons. The predicted octanol–water partition coefficient (Wildman–Crippen LogP) is 4.91. The molecule has 0 spiro atoms. The number of benzene rings is 3. The number of carbonyl (C=O) groups excluding carboxylic acids is 1. The molecule has 0 heterocycles. The number of hydrogen-bond acceptors (Lipinski definition) is 3. The Morgan fingerprint density at radius 1 is 0.821 bits per heavy atom. The highest BCUT2D eigenvalue weighted by molar-refractivity contribution is 5.69. The molecule has 3 aromatic carbocycles. The van der Waals surface area contributed by atoms with Crippen LogP contribution in [0.5, 0.6) is 0 Å². The van der Waals surface area contributed by atoms with Gasteiger partial charge in [-0.3, -0.25) is 4.79 Å². The molecule has 3 nitrogen and oxygen atoms in total. The van der Waals surface area contributed by atoms with E-state index in [-0.39, 0.29) is 18.2 Å². The zero-order chi connectivity index (χ0) is 20.0. The van der Waals surface area contributed by atoms with Crippen LogP contribution in [0.1, 0.15) is 23.1 Å². The maximum atomic E-state index is 13.0. The number of nitrogens with one attached hydrogen (secondary N) is 1. The Morgan fingerprint density at radius 2 is 1.32 bits per heavy atom. The van der Waals surface area contributed by atoms with E-state index in [4.69, 9.17) is 0 Å². The molecular formula is C24H26FNO2. The molecular weight excluding hydrogens is 353 g/mol. The van der Waals surface area contributed by atoms with Crippen LogP contribution in [-0.4, -0.2) is 13.1 Å². The first kappa shape index (κ1) is 21.3. The van der Waals surface area contributed by atoms with Crippen LogP contribution in [-0.2, 0) is 29.0 Å². The zero-order valence-corrected chi connectivity index (χ0v) is 16.1. The predicted molar refractivity (Wildman–Crippen MR) is 110 cm³/mol. The number of methoxy groups -OCH3 is 1. The maximum absolute atomic E-state index is 13.0. The van der Waals surface area contributed by atoms with E-state index >= 15 is 0 Å². The summed E-state index contributed by atoms with van der Waals surface area (Å²) in [7, 11) is 1.32. The summed E-state index contributed by atoms with van der Waals surface area (Å²) in [6.07, 6.45) is 0.608. The summed E-state index contributed by atoms with van der Waals surface area (Å²) in [5.41, 5.74) is 3.20. The Morgan fingerprint density at radius 3 is 1.82 bits per heavy atom. The summed E-state index contributed by atoms with van der Waals surface area (Å²) in [6, 6.07) is 27.3.